The number of benzene rings is 1. The normalized spacial score (nSPS) is 17.4. The summed E-state index contributed by atoms with van der Waals surface area (Å²) in [5.41, 5.74) is 0.473. The Balaban J connectivity index is 0.000000592. The molecule has 0 amide bonds. The number of alkyl halides is 3. The molecule has 7 nitrogen and oxygen atoms in total. The summed E-state index contributed by atoms with van der Waals surface area (Å²) in [5, 5.41) is 11.2. The molecule has 1 aliphatic heterocycles. The van der Waals surface area contributed by atoms with E-state index in [9.17, 15) is 18.0 Å². The van der Waals surface area contributed by atoms with Crippen molar-refractivity contribution < 1.29 is 37.3 Å². The monoisotopic (exact) mass is 468 g/mol. The second kappa shape index (κ2) is 11.5. The Morgan fingerprint density at radius 2 is 1.90 bits per heavy atom. The molecular weight excluding hydrogens is 441 g/mol. The number of carboxylic acids is 1. The fourth-order valence-corrected chi connectivity index (χ4v) is 2.91. The smallest absolute Gasteiger partial charge is 0.482 e. The van der Waals surface area contributed by atoms with E-state index in [0.717, 1.165) is 31.7 Å². The van der Waals surface area contributed by atoms with Crippen LogP contribution in [0.3, 0.4) is 0 Å². The molecule has 176 valence electrons. The van der Waals surface area contributed by atoms with Crippen molar-refractivity contribution in [1.82, 2.24) is 10.2 Å². The van der Waals surface area contributed by atoms with Crippen LogP contribution in [-0.4, -0.2) is 66.0 Å². The second-order valence-electron chi connectivity index (χ2n) is 8.02. The van der Waals surface area contributed by atoms with Crippen LogP contribution in [0.4, 0.5) is 13.2 Å². The lowest BCUT2D eigenvalue weighted by atomic mass is 10.1. The van der Waals surface area contributed by atoms with E-state index in [-0.39, 0.29) is 12.6 Å². The summed E-state index contributed by atoms with van der Waals surface area (Å²) in [5.74, 6) is -2.46. The number of piperazine rings is 1. The van der Waals surface area contributed by atoms with Crippen molar-refractivity contribution in [3.63, 3.8) is 0 Å². The number of halogens is 4. The summed E-state index contributed by atoms with van der Waals surface area (Å²) in [7, 11) is 0. The van der Waals surface area contributed by atoms with Gasteiger partial charge in [-0.25, -0.2) is 9.59 Å². The molecule has 0 aliphatic carbocycles. The highest BCUT2D eigenvalue weighted by Gasteiger charge is 2.38. The highest BCUT2D eigenvalue weighted by molar-refractivity contribution is 6.30. The number of carbonyl (C=O) groups is 2. The molecule has 1 fully saturated rings. The number of esters is 1. The second-order valence-corrected chi connectivity index (χ2v) is 8.46. The summed E-state index contributed by atoms with van der Waals surface area (Å²) < 4.78 is 42.7. The first-order valence-corrected chi connectivity index (χ1v) is 9.94. The first-order chi connectivity index (χ1) is 14.2. The first-order valence-electron chi connectivity index (χ1n) is 9.56. The van der Waals surface area contributed by atoms with Gasteiger partial charge in [0, 0.05) is 42.8 Å². The van der Waals surface area contributed by atoms with Gasteiger partial charge in [-0.3, -0.25) is 4.90 Å². The van der Waals surface area contributed by atoms with Crippen LogP contribution < -0.4 is 10.1 Å². The van der Waals surface area contributed by atoms with E-state index in [2.05, 4.69) is 17.1 Å². The molecule has 1 aromatic carbocycles. The highest BCUT2D eigenvalue weighted by Crippen LogP contribution is 2.25. The van der Waals surface area contributed by atoms with E-state index in [1.165, 1.54) is 0 Å². The molecule has 0 aromatic heterocycles. The lowest BCUT2D eigenvalue weighted by Crippen LogP contribution is -2.48. The zero-order valence-corrected chi connectivity index (χ0v) is 18.6. The third kappa shape index (κ3) is 11.2. The number of rotatable bonds is 5. The molecule has 0 radical (unpaired) electrons. The number of nitrogens with zero attached hydrogens (tertiary/aromatic N) is 1. The highest BCUT2D eigenvalue weighted by atomic mass is 35.5. The molecule has 1 aromatic rings. The molecule has 1 atom stereocenters. The van der Waals surface area contributed by atoms with Crippen LogP contribution in [0.5, 0.6) is 5.75 Å². The van der Waals surface area contributed by atoms with E-state index in [0.29, 0.717) is 16.8 Å². The molecule has 2 rings (SSSR count). The van der Waals surface area contributed by atoms with Crippen LogP contribution in [0.25, 0.3) is 0 Å². The molecule has 0 spiro atoms. The van der Waals surface area contributed by atoms with E-state index in [4.69, 9.17) is 31.0 Å². The quantitative estimate of drug-likeness (QED) is 0.639. The van der Waals surface area contributed by atoms with Crippen molar-refractivity contribution in [2.75, 3.05) is 26.2 Å². The van der Waals surface area contributed by atoms with Gasteiger partial charge < -0.3 is 19.9 Å². The summed E-state index contributed by atoms with van der Waals surface area (Å²) in [6.45, 7) is 11.2. The van der Waals surface area contributed by atoms with Crippen LogP contribution in [0.1, 0.15) is 33.3 Å². The zero-order chi connectivity index (χ0) is 23.8. The van der Waals surface area contributed by atoms with Gasteiger partial charge in [-0.2, -0.15) is 13.2 Å². The van der Waals surface area contributed by atoms with Crippen molar-refractivity contribution in [3.8, 4) is 5.75 Å². The van der Waals surface area contributed by atoms with Gasteiger partial charge in [0.25, 0.3) is 0 Å². The molecule has 11 heteroatoms. The predicted molar refractivity (Wildman–Crippen MR) is 109 cm³/mol. The maximum Gasteiger partial charge on any atom is 0.490 e. The van der Waals surface area contributed by atoms with E-state index in [1.54, 1.807) is 6.07 Å². The van der Waals surface area contributed by atoms with Gasteiger partial charge in [0.1, 0.15) is 11.4 Å². The summed E-state index contributed by atoms with van der Waals surface area (Å²) in [6.07, 6.45) is -5.08. The first kappa shape index (κ1) is 27.0. The fourth-order valence-electron chi connectivity index (χ4n) is 2.72. The minimum absolute atomic E-state index is 0.107. The van der Waals surface area contributed by atoms with Crippen LogP contribution in [0.15, 0.2) is 18.2 Å². The maximum atomic E-state index is 11.9. The third-order valence-electron chi connectivity index (χ3n) is 3.88. The van der Waals surface area contributed by atoms with Crippen LogP contribution in [-0.2, 0) is 20.9 Å². The van der Waals surface area contributed by atoms with Crippen molar-refractivity contribution in [2.45, 2.75) is 52.1 Å². The van der Waals surface area contributed by atoms with Crippen LogP contribution >= 0.6 is 11.6 Å². The third-order valence-corrected chi connectivity index (χ3v) is 4.11. The molecule has 31 heavy (non-hydrogen) atoms. The predicted octanol–water partition coefficient (Wildman–Crippen LogP) is 3.49. The minimum atomic E-state index is -5.08. The van der Waals surface area contributed by atoms with Crippen molar-refractivity contribution in [2.24, 2.45) is 0 Å². The molecule has 1 saturated heterocycles. The Hall–Kier alpha value is -2.04. The average molecular weight is 469 g/mol. The Morgan fingerprint density at radius 3 is 2.42 bits per heavy atom. The minimum Gasteiger partial charge on any atom is -0.482 e. The van der Waals surface area contributed by atoms with E-state index < -0.39 is 17.7 Å². The summed E-state index contributed by atoms with van der Waals surface area (Å²) in [4.78, 5) is 23.1. The number of ether oxygens (including phenoxy) is 2. The van der Waals surface area contributed by atoms with Gasteiger partial charge in [-0.1, -0.05) is 11.6 Å². The van der Waals surface area contributed by atoms with Gasteiger partial charge in [0.05, 0.1) is 0 Å². The molecule has 2 N–H and O–H groups in total. The van der Waals surface area contributed by atoms with Gasteiger partial charge >= 0.3 is 18.1 Å². The number of hydrogen-bond acceptors (Lipinski definition) is 6. The number of aliphatic carboxylic acids is 1. The molecule has 0 saturated carbocycles. The van der Waals surface area contributed by atoms with E-state index in [1.807, 2.05) is 32.9 Å². The Kier molecular flexibility index (Phi) is 10.1. The Labute approximate surface area is 184 Å². The standard InChI is InChI=1S/C18H27ClN2O3.C2HF3O2/c1-13-10-21(8-7-20-13)11-14-9-15(19)5-6-16(14)23-12-17(22)24-18(2,3)4;3-2(4,5)1(6)7/h5-6,9,13,20H,7-8,10-12H2,1-4H3;(H,6,7)/t13-;/m0./s1. The lowest BCUT2D eigenvalue weighted by Gasteiger charge is -2.32. The molecule has 0 bridgehead atoms. The number of hydrogen-bond donors (Lipinski definition) is 2. The zero-order valence-electron chi connectivity index (χ0n) is 17.9. The molecule has 1 aliphatic rings. The summed E-state index contributed by atoms with van der Waals surface area (Å²) in [6, 6.07) is 5.95. The molecular formula is C20H28ClF3N2O5. The molecule has 0 unspecified atom stereocenters. The fraction of sp³-hybridized carbons (Fsp3) is 0.600. The lowest BCUT2D eigenvalue weighted by molar-refractivity contribution is -0.192. The van der Waals surface area contributed by atoms with Gasteiger partial charge in [-0.05, 0) is 45.9 Å². The average Bonchev–Trinajstić information content (AvgIpc) is 2.59. The number of carbonyl (C=O) groups excluding carboxylic acids is 1. The van der Waals surface area contributed by atoms with Crippen molar-refractivity contribution in [3.05, 3.63) is 28.8 Å². The SMILES string of the molecule is C[C@H]1CN(Cc2cc(Cl)ccc2OCC(=O)OC(C)(C)C)CCN1.O=C(O)C(F)(F)F. The van der Waals surface area contributed by atoms with Crippen LogP contribution in [0, 0.1) is 0 Å². The Bertz CT molecular complexity index is 753. The Morgan fingerprint density at radius 1 is 1.29 bits per heavy atom. The van der Waals surface area contributed by atoms with Gasteiger partial charge in [0.15, 0.2) is 6.61 Å². The molecule has 1 heterocycles. The van der Waals surface area contributed by atoms with E-state index >= 15 is 0 Å². The van der Waals surface area contributed by atoms with Crippen molar-refractivity contribution >= 4 is 23.5 Å². The van der Waals surface area contributed by atoms with Gasteiger partial charge in [-0.15, -0.1) is 0 Å². The van der Waals surface area contributed by atoms with Gasteiger partial charge in [0.2, 0.25) is 0 Å². The van der Waals surface area contributed by atoms with Crippen LogP contribution in [0.2, 0.25) is 5.02 Å². The number of nitrogens with one attached hydrogen (secondary N) is 1. The summed E-state index contributed by atoms with van der Waals surface area (Å²) >= 11 is 6.13. The largest absolute Gasteiger partial charge is 0.490 e. The topological polar surface area (TPSA) is 88.1 Å². The number of carboxylic acid groups (broad SMARTS) is 1. The maximum absolute atomic E-state index is 11.9. The van der Waals surface area contributed by atoms with Crippen molar-refractivity contribution in [1.29, 1.82) is 0 Å².